The SMILES string of the molecule is Cc1cc(C)cc(N=Nc2ccc(O)c(C=O)c2)c1. The van der Waals surface area contributed by atoms with Crippen molar-refractivity contribution >= 4 is 17.7 Å². The van der Waals surface area contributed by atoms with Crippen molar-refractivity contribution in [3.63, 3.8) is 0 Å². The lowest BCUT2D eigenvalue weighted by Gasteiger charge is -2.00. The number of phenols is 1. The lowest BCUT2D eigenvalue weighted by Crippen LogP contribution is -1.79. The summed E-state index contributed by atoms with van der Waals surface area (Å²) in [6.07, 6.45) is 0.588. The molecule has 19 heavy (non-hydrogen) atoms. The number of azo groups is 1. The Labute approximate surface area is 111 Å². The largest absolute Gasteiger partial charge is 0.507 e. The fourth-order valence-corrected chi connectivity index (χ4v) is 1.82. The number of aromatic hydroxyl groups is 1. The number of benzene rings is 2. The summed E-state index contributed by atoms with van der Waals surface area (Å²) < 4.78 is 0. The molecule has 0 aliphatic heterocycles. The second-order valence-electron chi connectivity index (χ2n) is 4.41. The number of rotatable bonds is 3. The highest BCUT2D eigenvalue weighted by atomic mass is 16.3. The van der Waals surface area contributed by atoms with Crippen molar-refractivity contribution in [3.8, 4) is 5.75 Å². The molecule has 0 saturated carbocycles. The minimum Gasteiger partial charge on any atom is -0.507 e. The quantitative estimate of drug-likeness (QED) is 0.657. The zero-order valence-corrected chi connectivity index (χ0v) is 10.8. The summed E-state index contributed by atoms with van der Waals surface area (Å²) in [4.78, 5) is 10.7. The van der Waals surface area contributed by atoms with Crippen LogP contribution >= 0.6 is 0 Å². The third-order valence-electron chi connectivity index (χ3n) is 2.63. The zero-order chi connectivity index (χ0) is 13.8. The molecule has 0 radical (unpaired) electrons. The first-order valence-electron chi connectivity index (χ1n) is 5.87. The molecule has 0 amide bonds. The van der Waals surface area contributed by atoms with Crippen LogP contribution in [0.25, 0.3) is 0 Å². The van der Waals surface area contributed by atoms with Gasteiger partial charge in [-0.3, -0.25) is 4.79 Å². The van der Waals surface area contributed by atoms with Crippen LogP contribution < -0.4 is 0 Å². The standard InChI is InChI=1S/C15H14N2O2/c1-10-5-11(2)7-14(6-10)17-16-13-3-4-15(19)12(8-13)9-18/h3-9,19H,1-2H3. The molecule has 0 aliphatic rings. The van der Waals surface area contributed by atoms with Crippen LogP contribution in [0.1, 0.15) is 21.5 Å². The van der Waals surface area contributed by atoms with E-state index in [0.717, 1.165) is 16.8 Å². The van der Waals surface area contributed by atoms with Crippen LogP contribution in [0.2, 0.25) is 0 Å². The molecule has 0 fully saturated rings. The van der Waals surface area contributed by atoms with Crippen LogP contribution in [0.3, 0.4) is 0 Å². The molecule has 0 aliphatic carbocycles. The van der Waals surface area contributed by atoms with E-state index in [2.05, 4.69) is 16.3 Å². The fourth-order valence-electron chi connectivity index (χ4n) is 1.82. The topological polar surface area (TPSA) is 62.0 Å². The summed E-state index contributed by atoms with van der Waals surface area (Å²) in [5, 5.41) is 17.6. The van der Waals surface area contributed by atoms with E-state index in [0.29, 0.717) is 12.0 Å². The van der Waals surface area contributed by atoms with Crippen LogP contribution in [0.4, 0.5) is 11.4 Å². The summed E-state index contributed by atoms with van der Waals surface area (Å²) in [6.45, 7) is 3.99. The van der Waals surface area contributed by atoms with E-state index in [1.165, 1.54) is 12.1 Å². The molecule has 0 saturated heterocycles. The highest BCUT2D eigenvalue weighted by molar-refractivity contribution is 5.80. The van der Waals surface area contributed by atoms with E-state index in [4.69, 9.17) is 0 Å². The Morgan fingerprint density at radius 2 is 1.58 bits per heavy atom. The van der Waals surface area contributed by atoms with Crippen molar-refractivity contribution in [1.29, 1.82) is 0 Å². The molecule has 0 aromatic heterocycles. The van der Waals surface area contributed by atoms with Gasteiger partial charge in [0.1, 0.15) is 5.75 Å². The Hall–Kier alpha value is -2.49. The Morgan fingerprint density at radius 3 is 2.21 bits per heavy atom. The molecular formula is C15H14N2O2. The molecular weight excluding hydrogens is 240 g/mol. The van der Waals surface area contributed by atoms with Crippen molar-refractivity contribution in [3.05, 3.63) is 53.1 Å². The number of aldehydes is 1. The minimum absolute atomic E-state index is 0.0552. The monoisotopic (exact) mass is 254 g/mol. The minimum atomic E-state index is -0.0552. The smallest absolute Gasteiger partial charge is 0.153 e. The molecule has 1 N–H and O–H groups in total. The van der Waals surface area contributed by atoms with E-state index in [-0.39, 0.29) is 11.3 Å². The number of carbonyl (C=O) groups is 1. The first-order valence-corrected chi connectivity index (χ1v) is 5.87. The molecule has 2 aromatic rings. The van der Waals surface area contributed by atoms with Gasteiger partial charge < -0.3 is 5.11 Å². The lowest BCUT2D eigenvalue weighted by atomic mass is 10.1. The van der Waals surface area contributed by atoms with Gasteiger partial charge in [-0.2, -0.15) is 10.2 Å². The molecule has 0 bridgehead atoms. The van der Waals surface area contributed by atoms with Crippen LogP contribution in [0, 0.1) is 13.8 Å². The summed E-state index contributed by atoms with van der Waals surface area (Å²) in [5.74, 6) is -0.0552. The Morgan fingerprint density at radius 1 is 0.947 bits per heavy atom. The van der Waals surface area contributed by atoms with Crippen molar-refractivity contribution in [2.45, 2.75) is 13.8 Å². The highest BCUT2D eigenvalue weighted by Gasteiger charge is 2.01. The lowest BCUT2D eigenvalue weighted by molar-refractivity contribution is 0.112. The van der Waals surface area contributed by atoms with Crippen LogP contribution in [-0.2, 0) is 0 Å². The van der Waals surface area contributed by atoms with Crippen molar-refractivity contribution in [2.24, 2.45) is 10.2 Å². The number of carbonyl (C=O) groups excluding carboxylic acids is 1. The van der Waals surface area contributed by atoms with E-state index in [1.54, 1.807) is 6.07 Å². The van der Waals surface area contributed by atoms with E-state index in [9.17, 15) is 9.90 Å². The molecule has 96 valence electrons. The summed E-state index contributed by atoms with van der Waals surface area (Å²) >= 11 is 0. The van der Waals surface area contributed by atoms with Gasteiger partial charge >= 0.3 is 0 Å². The number of nitrogens with zero attached hydrogens (tertiary/aromatic N) is 2. The molecule has 0 unspecified atom stereocenters. The molecule has 0 spiro atoms. The van der Waals surface area contributed by atoms with Crippen molar-refractivity contribution in [1.82, 2.24) is 0 Å². The average molecular weight is 254 g/mol. The van der Waals surface area contributed by atoms with Gasteiger partial charge in [0.15, 0.2) is 6.29 Å². The second-order valence-corrected chi connectivity index (χ2v) is 4.41. The molecule has 4 nitrogen and oxygen atoms in total. The average Bonchev–Trinajstić information content (AvgIpc) is 2.36. The zero-order valence-electron chi connectivity index (χ0n) is 10.8. The predicted molar refractivity (Wildman–Crippen MR) is 73.6 cm³/mol. The van der Waals surface area contributed by atoms with Gasteiger partial charge in [0.25, 0.3) is 0 Å². The molecule has 0 heterocycles. The maximum atomic E-state index is 10.7. The van der Waals surface area contributed by atoms with E-state index < -0.39 is 0 Å². The summed E-state index contributed by atoms with van der Waals surface area (Å²) in [6, 6.07) is 10.4. The fraction of sp³-hybridized carbons (Fsp3) is 0.133. The van der Waals surface area contributed by atoms with Gasteiger partial charge in [-0.15, -0.1) is 0 Å². The number of hydrogen-bond donors (Lipinski definition) is 1. The number of aryl methyl sites for hydroxylation is 2. The summed E-state index contributed by atoms with van der Waals surface area (Å²) in [5.41, 5.74) is 3.73. The predicted octanol–water partition coefficient (Wildman–Crippen LogP) is 4.24. The first-order chi connectivity index (χ1) is 9.08. The third kappa shape index (κ3) is 3.25. The molecule has 4 heteroatoms. The first kappa shape index (κ1) is 13.0. The molecule has 0 atom stereocenters. The van der Waals surface area contributed by atoms with Crippen LogP contribution in [0.15, 0.2) is 46.6 Å². The van der Waals surface area contributed by atoms with E-state index in [1.807, 2.05) is 26.0 Å². The van der Waals surface area contributed by atoms with Gasteiger partial charge in [-0.25, -0.2) is 0 Å². The summed E-state index contributed by atoms with van der Waals surface area (Å²) in [7, 11) is 0. The van der Waals surface area contributed by atoms with Gasteiger partial charge in [-0.1, -0.05) is 6.07 Å². The third-order valence-corrected chi connectivity index (χ3v) is 2.63. The normalized spacial score (nSPS) is 10.8. The molecule has 2 rings (SSSR count). The Kier molecular flexibility index (Phi) is 3.71. The maximum Gasteiger partial charge on any atom is 0.153 e. The highest BCUT2D eigenvalue weighted by Crippen LogP contribution is 2.24. The maximum absolute atomic E-state index is 10.7. The number of phenolic OH excluding ortho intramolecular Hbond substituents is 1. The van der Waals surface area contributed by atoms with Crippen LogP contribution in [-0.4, -0.2) is 11.4 Å². The van der Waals surface area contributed by atoms with Gasteiger partial charge in [-0.05, 0) is 55.3 Å². The number of hydrogen-bond acceptors (Lipinski definition) is 4. The molecule has 2 aromatic carbocycles. The van der Waals surface area contributed by atoms with Crippen LogP contribution in [0.5, 0.6) is 5.75 Å². The van der Waals surface area contributed by atoms with E-state index >= 15 is 0 Å². The van der Waals surface area contributed by atoms with Crippen molar-refractivity contribution in [2.75, 3.05) is 0 Å². The van der Waals surface area contributed by atoms with Crippen molar-refractivity contribution < 1.29 is 9.90 Å². The van der Waals surface area contributed by atoms with Gasteiger partial charge in [0.2, 0.25) is 0 Å². The second kappa shape index (κ2) is 5.44. The van der Waals surface area contributed by atoms with Gasteiger partial charge in [0.05, 0.1) is 16.9 Å². The Bertz CT molecular complexity index is 628. The van der Waals surface area contributed by atoms with Gasteiger partial charge in [0, 0.05) is 0 Å². The Balaban J connectivity index is 2.29.